The third kappa shape index (κ3) is 5.80. The molecule has 8 heteroatoms. The van der Waals surface area contributed by atoms with Gasteiger partial charge in [-0.15, -0.1) is 0 Å². The molecule has 1 atom stereocenters. The second-order valence-electron chi connectivity index (χ2n) is 8.55. The van der Waals surface area contributed by atoms with Crippen molar-refractivity contribution in [3.05, 3.63) is 69.5 Å². The van der Waals surface area contributed by atoms with E-state index in [0.29, 0.717) is 57.1 Å². The minimum atomic E-state index is -1.32. The summed E-state index contributed by atoms with van der Waals surface area (Å²) < 4.78 is 11.6. The molecular formula is C26H27Cl2NO5. The maximum Gasteiger partial charge on any atom is 0.347 e. The molecule has 0 bridgehead atoms. The Bertz CT molecular complexity index is 1190. The van der Waals surface area contributed by atoms with E-state index in [4.69, 9.17) is 32.4 Å². The number of nitrogens with zero attached hydrogens (tertiary/aromatic N) is 1. The fourth-order valence-corrected chi connectivity index (χ4v) is 3.87. The van der Waals surface area contributed by atoms with E-state index in [1.54, 1.807) is 49.4 Å². The lowest BCUT2D eigenvalue weighted by atomic mass is 10.0. The first-order valence-electron chi connectivity index (χ1n) is 11.0. The first kappa shape index (κ1) is 25.8. The number of hydrogen-bond acceptors (Lipinski definition) is 5. The minimum absolute atomic E-state index is 0.0631. The van der Waals surface area contributed by atoms with Crippen molar-refractivity contribution < 1.29 is 23.8 Å². The van der Waals surface area contributed by atoms with Gasteiger partial charge in [0.15, 0.2) is 5.78 Å². The SMILES string of the molecule is CCC(C)(Oc1ccc(C(=O)CCc2nc(-c3ccc(Cl)cc3Cl)oc2C(C)C)cc1)C(=O)O. The van der Waals surface area contributed by atoms with Crippen LogP contribution >= 0.6 is 23.2 Å². The molecule has 1 heterocycles. The molecule has 1 N–H and O–H groups in total. The molecule has 180 valence electrons. The van der Waals surface area contributed by atoms with E-state index in [1.807, 2.05) is 13.8 Å². The van der Waals surface area contributed by atoms with E-state index in [9.17, 15) is 14.7 Å². The van der Waals surface area contributed by atoms with Gasteiger partial charge in [-0.05, 0) is 55.8 Å². The van der Waals surface area contributed by atoms with Crippen LogP contribution < -0.4 is 4.74 Å². The Kier molecular flexibility index (Phi) is 8.05. The van der Waals surface area contributed by atoms with Crippen LogP contribution in [0, 0.1) is 0 Å². The summed E-state index contributed by atoms with van der Waals surface area (Å²) in [6.45, 7) is 7.26. The van der Waals surface area contributed by atoms with E-state index < -0.39 is 11.6 Å². The predicted molar refractivity (Wildman–Crippen MR) is 132 cm³/mol. The van der Waals surface area contributed by atoms with Crippen LogP contribution in [-0.4, -0.2) is 27.4 Å². The van der Waals surface area contributed by atoms with Gasteiger partial charge in [-0.3, -0.25) is 4.79 Å². The van der Waals surface area contributed by atoms with Gasteiger partial charge in [0.05, 0.1) is 16.3 Å². The van der Waals surface area contributed by atoms with E-state index in [-0.39, 0.29) is 18.1 Å². The Balaban J connectivity index is 1.73. The maximum absolute atomic E-state index is 12.8. The van der Waals surface area contributed by atoms with Crippen LogP contribution in [0.15, 0.2) is 46.9 Å². The average Bonchev–Trinajstić information content (AvgIpc) is 3.22. The number of Topliss-reactive ketones (excluding diaryl/α,β-unsaturated/α-hetero) is 1. The highest BCUT2D eigenvalue weighted by molar-refractivity contribution is 6.36. The number of carbonyl (C=O) groups is 2. The van der Waals surface area contributed by atoms with Gasteiger partial charge in [0.2, 0.25) is 11.5 Å². The van der Waals surface area contributed by atoms with Crippen LogP contribution in [0.3, 0.4) is 0 Å². The Morgan fingerprint density at radius 2 is 1.82 bits per heavy atom. The van der Waals surface area contributed by atoms with E-state index in [2.05, 4.69) is 4.98 Å². The monoisotopic (exact) mass is 503 g/mol. The number of carboxylic acids is 1. The van der Waals surface area contributed by atoms with Gasteiger partial charge < -0.3 is 14.3 Å². The van der Waals surface area contributed by atoms with Gasteiger partial charge in [-0.2, -0.15) is 0 Å². The highest BCUT2D eigenvalue weighted by Gasteiger charge is 2.33. The number of aryl methyl sites for hydroxylation is 1. The van der Waals surface area contributed by atoms with Crippen molar-refractivity contribution in [1.82, 2.24) is 4.98 Å². The second-order valence-corrected chi connectivity index (χ2v) is 9.39. The fraction of sp³-hybridized carbons (Fsp3) is 0.346. The Hall–Kier alpha value is -2.83. The number of rotatable bonds is 10. The lowest BCUT2D eigenvalue weighted by Gasteiger charge is -2.24. The van der Waals surface area contributed by atoms with Crippen LogP contribution in [-0.2, 0) is 11.2 Å². The summed E-state index contributed by atoms with van der Waals surface area (Å²) in [4.78, 5) is 28.9. The Morgan fingerprint density at radius 1 is 1.15 bits per heavy atom. The molecule has 6 nitrogen and oxygen atoms in total. The molecule has 0 spiro atoms. The number of hydrogen-bond donors (Lipinski definition) is 1. The van der Waals surface area contributed by atoms with Crippen molar-refractivity contribution in [1.29, 1.82) is 0 Å². The summed E-state index contributed by atoms with van der Waals surface area (Å²) in [5.74, 6) is 0.481. The largest absolute Gasteiger partial charge is 0.478 e. The van der Waals surface area contributed by atoms with Gasteiger partial charge in [-0.1, -0.05) is 44.0 Å². The van der Waals surface area contributed by atoms with Crippen molar-refractivity contribution in [2.24, 2.45) is 0 Å². The van der Waals surface area contributed by atoms with Crippen LogP contribution in [0.1, 0.15) is 68.3 Å². The van der Waals surface area contributed by atoms with E-state index >= 15 is 0 Å². The van der Waals surface area contributed by atoms with Crippen LogP contribution in [0.25, 0.3) is 11.5 Å². The van der Waals surface area contributed by atoms with Crippen LogP contribution in [0.4, 0.5) is 0 Å². The summed E-state index contributed by atoms with van der Waals surface area (Å²) in [6, 6.07) is 11.6. The van der Waals surface area contributed by atoms with Gasteiger partial charge >= 0.3 is 5.97 Å². The predicted octanol–water partition coefficient (Wildman–Crippen LogP) is 7.22. The summed E-state index contributed by atoms with van der Waals surface area (Å²) in [6.07, 6.45) is 0.955. The van der Waals surface area contributed by atoms with Gasteiger partial charge in [-0.25, -0.2) is 9.78 Å². The molecule has 0 fully saturated rings. The smallest absolute Gasteiger partial charge is 0.347 e. The number of aromatic nitrogens is 1. The van der Waals surface area contributed by atoms with Gasteiger partial charge in [0, 0.05) is 29.3 Å². The topological polar surface area (TPSA) is 89.6 Å². The molecule has 0 amide bonds. The zero-order valence-electron chi connectivity index (χ0n) is 19.5. The molecule has 3 aromatic rings. The van der Waals surface area contributed by atoms with Gasteiger partial charge in [0.1, 0.15) is 11.5 Å². The maximum atomic E-state index is 12.8. The van der Waals surface area contributed by atoms with Crippen molar-refractivity contribution >= 4 is 35.0 Å². The van der Waals surface area contributed by atoms with Gasteiger partial charge in [0.25, 0.3) is 0 Å². The molecule has 0 radical (unpaired) electrons. The van der Waals surface area contributed by atoms with Crippen molar-refractivity contribution in [2.45, 2.75) is 58.5 Å². The molecule has 0 saturated carbocycles. The molecule has 1 unspecified atom stereocenters. The van der Waals surface area contributed by atoms with Crippen molar-refractivity contribution in [3.63, 3.8) is 0 Å². The molecule has 1 aromatic heterocycles. The molecule has 34 heavy (non-hydrogen) atoms. The van der Waals surface area contributed by atoms with Crippen molar-refractivity contribution in [3.8, 4) is 17.2 Å². The number of oxazole rings is 1. The highest BCUT2D eigenvalue weighted by atomic mass is 35.5. The van der Waals surface area contributed by atoms with E-state index in [1.165, 1.54) is 6.92 Å². The zero-order chi connectivity index (χ0) is 25.0. The first-order valence-corrected chi connectivity index (χ1v) is 11.8. The molecule has 3 rings (SSSR count). The number of aliphatic carboxylic acids is 1. The number of ether oxygens (including phenoxy) is 1. The van der Waals surface area contributed by atoms with Crippen LogP contribution in [0.5, 0.6) is 5.75 Å². The number of carbonyl (C=O) groups excluding carboxylic acids is 1. The zero-order valence-corrected chi connectivity index (χ0v) is 21.0. The standard InChI is InChI=1S/C26H27Cl2NO5/c1-5-26(4,25(31)32)34-18-9-6-16(7-10-18)22(30)13-12-21-23(15(2)3)33-24(29-21)19-11-8-17(27)14-20(19)28/h6-11,14-15H,5,12-13H2,1-4H3,(H,31,32). The summed E-state index contributed by atoms with van der Waals surface area (Å²) in [7, 11) is 0. The molecule has 0 aliphatic heterocycles. The number of benzene rings is 2. The average molecular weight is 504 g/mol. The quantitative estimate of drug-likeness (QED) is 0.293. The molecule has 0 aliphatic carbocycles. The van der Waals surface area contributed by atoms with E-state index in [0.717, 1.165) is 0 Å². The molecule has 0 aliphatic rings. The lowest BCUT2D eigenvalue weighted by Crippen LogP contribution is -2.40. The number of carboxylic acid groups (broad SMARTS) is 1. The highest BCUT2D eigenvalue weighted by Crippen LogP contribution is 2.33. The van der Waals surface area contributed by atoms with Crippen molar-refractivity contribution in [2.75, 3.05) is 0 Å². The van der Waals surface area contributed by atoms with Crippen LogP contribution in [0.2, 0.25) is 10.0 Å². The second kappa shape index (κ2) is 10.6. The Labute approximate surface area is 208 Å². The summed E-state index contributed by atoms with van der Waals surface area (Å²) >= 11 is 12.3. The molecule has 2 aromatic carbocycles. The third-order valence-electron chi connectivity index (χ3n) is 5.65. The normalized spacial score (nSPS) is 13.0. The fourth-order valence-electron chi connectivity index (χ4n) is 3.38. The summed E-state index contributed by atoms with van der Waals surface area (Å²) in [5, 5.41) is 10.3. The number of halogens is 2. The lowest BCUT2D eigenvalue weighted by molar-refractivity contribution is -0.154. The molecular weight excluding hydrogens is 477 g/mol. The Morgan fingerprint density at radius 3 is 2.38 bits per heavy atom. The summed E-state index contributed by atoms with van der Waals surface area (Å²) in [5.41, 5.74) is 0.540. The number of ketones is 1. The molecule has 0 saturated heterocycles. The first-order chi connectivity index (χ1) is 16.0. The third-order valence-corrected chi connectivity index (χ3v) is 6.20. The minimum Gasteiger partial charge on any atom is -0.478 e.